The Morgan fingerprint density at radius 2 is 1.93 bits per heavy atom. The van der Waals surface area contributed by atoms with Gasteiger partial charge in [-0.25, -0.2) is 0 Å². The second kappa shape index (κ2) is 9.38. The largest absolute Gasteiger partial charge is 0.490 e. The van der Waals surface area contributed by atoms with Crippen LogP contribution in [0.2, 0.25) is 10.0 Å². The highest BCUT2D eigenvalue weighted by Crippen LogP contribution is 2.28. The Kier molecular flexibility index (Phi) is 7.19. The van der Waals surface area contributed by atoms with E-state index in [0.717, 1.165) is 6.07 Å². The first kappa shape index (κ1) is 21.5. The summed E-state index contributed by atoms with van der Waals surface area (Å²) in [6, 6.07) is 8.29. The molecular weight excluding hydrogens is 409 g/mol. The SMILES string of the molecule is COc1ccc(C(=O)NCC(=O)N[C@H](C)c2ccc(Cl)cc2Cl)cc1[N+](=O)[O-]. The van der Waals surface area contributed by atoms with Gasteiger partial charge < -0.3 is 15.4 Å². The zero-order chi connectivity index (χ0) is 20.8. The van der Waals surface area contributed by atoms with Gasteiger partial charge in [0.15, 0.2) is 5.75 Å². The number of nitro benzene ring substituents is 1. The van der Waals surface area contributed by atoms with Crippen molar-refractivity contribution in [3.8, 4) is 5.75 Å². The maximum absolute atomic E-state index is 12.2. The summed E-state index contributed by atoms with van der Waals surface area (Å²) in [5.74, 6) is -1.04. The maximum atomic E-state index is 12.2. The summed E-state index contributed by atoms with van der Waals surface area (Å²) in [7, 11) is 1.29. The van der Waals surface area contributed by atoms with E-state index in [2.05, 4.69) is 10.6 Å². The Hall–Kier alpha value is -2.84. The number of methoxy groups -OCH3 is 1. The van der Waals surface area contributed by atoms with E-state index < -0.39 is 22.8 Å². The van der Waals surface area contributed by atoms with Gasteiger partial charge in [0.1, 0.15) is 0 Å². The zero-order valence-electron chi connectivity index (χ0n) is 15.0. The first-order valence-electron chi connectivity index (χ1n) is 8.08. The second-order valence-electron chi connectivity index (χ2n) is 5.78. The molecule has 0 heterocycles. The molecule has 0 aliphatic rings. The molecule has 148 valence electrons. The van der Waals surface area contributed by atoms with Gasteiger partial charge in [-0.2, -0.15) is 0 Å². The van der Waals surface area contributed by atoms with Crippen LogP contribution in [0.4, 0.5) is 5.69 Å². The lowest BCUT2D eigenvalue weighted by molar-refractivity contribution is -0.385. The molecule has 0 bridgehead atoms. The molecule has 0 aliphatic heterocycles. The fourth-order valence-electron chi connectivity index (χ4n) is 2.46. The Balaban J connectivity index is 1.98. The Labute approximate surface area is 170 Å². The van der Waals surface area contributed by atoms with Crippen LogP contribution in [0.3, 0.4) is 0 Å². The quantitative estimate of drug-likeness (QED) is 0.520. The zero-order valence-corrected chi connectivity index (χ0v) is 16.5. The van der Waals surface area contributed by atoms with E-state index in [1.54, 1.807) is 25.1 Å². The number of carbonyl (C=O) groups excluding carboxylic acids is 2. The first-order chi connectivity index (χ1) is 13.2. The molecule has 8 nitrogen and oxygen atoms in total. The van der Waals surface area contributed by atoms with E-state index >= 15 is 0 Å². The van der Waals surface area contributed by atoms with Crippen molar-refractivity contribution in [2.75, 3.05) is 13.7 Å². The van der Waals surface area contributed by atoms with E-state index in [-0.39, 0.29) is 23.5 Å². The fourth-order valence-corrected chi connectivity index (χ4v) is 3.03. The van der Waals surface area contributed by atoms with Crippen LogP contribution in [0.25, 0.3) is 0 Å². The summed E-state index contributed by atoms with van der Waals surface area (Å²) in [5.41, 5.74) is 0.372. The molecule has 2 aromatic carbocycles. The van der Waals surface area contributed by atoms with Crippen molar-refractivity contribution in [2.24, 2.45) is 0 Å². The van der Waals surface area contributed by atoms with Crippen LogP contribution in [-0.2, 0) is 4.79 Å². The van der Waals surface area contributed by atoms with E-state index in [4.69, 9.17) is 27.9 Å². The first-order valence-corrected chi connectivity index (χ1v) is 8.83. The maximum Gasteiger partial charge on any atom is 0.311 e. The number of nitrogens with zero attached hydrogens (tertiary/aromatic N) is 1. The van der Waals surface area contributed by atoms with E-state index in [0.29, 0.717) is 15.6 Å². The lowest BCUT2D eigenvalue weighted by atomic mass is 10.1. The normalized spacial score (nSPS) is 11.4. The van der Waals surface area contributed by atoms with Crippen molar-refractivity contribution in [3.05, 3.63) is 67.7 Å². The standard InChI is InChI=1S/C18H17Cl2N3O5/c1-10(13-5-4-12(19)8-14(13)20)22-17(24)9-21-18(25)11-3-6-16(28-2)15(7-11)23(26)27/h3-8,10H,9H2,1-2H3,(H,21,25)(H,22,24)/t10-/m1/s1. The molecule has 2 rings (SSSR count). The second-order valence-corrected chi connectivity index (χ2v) is 6.63. The number of nitro groups is 1. The minimum Gasteiger partial charge on any atom is -0.490 e. The van der Waals surface area contributed by atoms with Gasteiger partial charge in [0.05, 0.1) is 24.6 Å². The number of halogens is 2. The lowest BCUT2D eigenvalue weighted by Crippen LogP contribution is -2.38. The molecule has 0 aliphatic carbocycles. The lowest BCUT2D eigenvalue weighted by Gasteiger charge is -2.16. The van der Waals surface area contributed by atoms with Crippen molar-refractivity contribution in [3.63, 3.8) is 0 Å². The molecule has 1 atom stereocenters. The Morgan fingerprint density at radius 1 is 1.21 bits per heavy atom. The molecule has 2 aromatic rings. The van der Waals surface area contributed by atoms with Gasteiger partial charge in [0.2, 0.25) is 5.91 Å². The molecule has 0 aromatic heterocycles. The number of hydrogen-bond acceptors (Lipinski definition) is 5. The van der Waals surface area contributed by atoms with Gasteiger partial charge in [-0.1, -0.05) is 29.3 Å². The summed E-state index contributed by atoms with van der Waals surface area (Å²) in [4.78, 5) is 34.7. The molecule has 0 unspecified atom stereocenters. The molecule has 0 saturated heterocycles. The van der Waals surface area contributed by atoms with Crippen molar-refractivity contribution in [1.29, 1.82) is 0 Å². The predicted octanol–water partition coefficient (Wildman–Crippen LogP) is 3.52. The molecule has 2 N–H and O–H groups in total. The predicted molar refractivity (Wildman–Crippen MR) is 105 cm³/mol. The van der Waals surface area contributed by atoms with Crippen LogP contribution in [0.5, 0.6) is 5.75 Å². The van der Waals surface area contributed by atoms with Crippen LogP contribution in [0.15, 0.2) is 36.4 Å². The number of amides is 2. The summed E-state index contributed by atoms with van der Waals surface area (Å²) in [6.45, 7) is 1.43. The van der Waals surface area contributed by atoms with Crippen molar-refractivity contribution >= 4 is 40.7 Å². The molecule has 10 heteroatoms. The van der Waals surface area contributed by atoms with Crippen LogP contribution >= 0.6 is 23.2 Å². The molecule has 0 spiro atoms. The molecule has 0 saturated carbocycles. The number of carbonyl (C=O) groups is 2. The van der Waals surface area contributed by atoms with Gasteiger partial charge in [0, 0.05) is 21.7 Å². The molecule has 2 amide bonds. The number of nitrogens with one attached hydrogen (secondary N) is 2. The minimum atomic E-state index is -0.653. The third-order valence-corrected chi connectivity index (χ3v) is 4.42. The van der Waals surface area contributed by atoms with Crippen molar-refractivity contribution in [2.45, 2.75) is 13.0 Å². The average Bonchev–Trinajstić information content (AvgIpc) is 2.65. The van der Waals surface area contributed by atoms with Gasteiger partial charge in [-0.3, -0.25) is 19.7 Å². The summed E-state index contributed by atoms with van der Waals surface area (Å²) in [6.07, 6.45) is 0. The Bertz CT molecular complexity index is 920. The van der Waals surface area contributed by atoms with Gasteiger partial charge in [0.25, 0.3) is 5.91 Å². The van der Waals surface area contributed by atoms with E-state index in [1.807, 2.05) is 0 Å². The summed E-state index contributed by atoms with van der Waals surface area (Å²) in [5, 5.41) is 17.0. The van der Waals surface area contributed by atoms with Crippen molar-refractivity contribution < 1.29 is 19.2 Å². The van der Waals surface area contributed by atoms with E-state index in [9.17, 15) is 19.7 Å². The number of hydrogen-bond donors (Lipinski definition) is 2. The molecule has 0 fully saturated rings. The molecule has 28 heavy (non-hydrogen) atoms. The highest BCUT2D eigenvalue weighted by molar-refractivity contribution is 6.35. The smallest absolute Gasteiger partial charge is 0.311 e. The number of benzene rings is 2. The topological polar surface area (TPSA) is 111 Å². The van der Waals surface area contributed by atoms with Gasteiger partial charge in [-0.15, -0.1) is 0 Å². The summed E-state index contributed by atoms with van der Waals surface area (Å²) >= 11 is 12.0. The van der Waals surface area contributed by atoms with Crippen LogP contribution in [0.1, 0.15) is 28.9 Å². The van der Waals surface area contributed by atoms with Gasteiger partial charge in [-0.05, 0) is 36.8 Å². The number of rotatable bonds is 7. The average molecular weight is 426 g/mol. The monoisotopic (exact) mass is 425 g/mol. The highest BCUT2D eigenvalue weighted by Gasteiger charge is 2.19. The number of ether oxygens (including phenoxy) is 1. The molecule has 0 radical (unpaired) electrons. The minimum absolute atomic E-state index is 0.0351. The van der Waals surface area contributed by atoms with Crippen LogP contribution < -0.4 is 15.4 Å². The van der Waals surface area contributed by atoms with Crippen molar-refractivity contribution in [1.82, 2.24) is 10.6 Å². The third kappa shape index (κ3) is 5.34. The highest BCUT2D eigenvalue weighted by atomic mass is 35.5. The van der Waals surface area contributed by atoms with E-state index in [1.165, 1.54) is 19.2 Å². The van der Waals surface area contributed by atoms with Crippen LogP contribution in [-0.4, -0.2) is 30.4 Å². The fraction of sp³-hybridized carbons (Fsp3) is 0.222. The third-order valence-electron chi connectivity index (χ3n) is 3.85. The summed E-state index contributed by atoms with van der Waals surface area (Å²) < 4.78 is 4.89. The Morgan fingerprint density at radius 3 is 2.54 bits per heavy atom. The van der Waals surface area contributed by atoms with Gasteiger partial charge >= 0.3 is 5.69 Å². The van der Waals surface area contributed by atoms with Crippen LogP contribution in [0, 0.1) is 10.1 Å². The molecular formula is C18H17Cl2N3O5.